The van der Waals surface area contributed by atoms with Crippen molar-refractivity contribution in [2.45, 2.75) is 25.7 Å². The quantitative estimate of drug-likeness (QED) is 0.426. The zero-order valence-electron chi connectivity index (χ0n) is 12.4. The van der Waals surface area contributed by atoms with Crippen LogP contribution in [0.2, 0.25) is 0 Å². The first-order chi connectivity index (χ1) is 8.93. The Bertz CT molecular complexity index is 749. The summed E-state index contributed by atoms with van der Waals surface area (Å²) in [4.78, 5) is 0. The van der Waals surface area contributed by atoms with Crippen LogP contribution in [0.5, 0.6) is 0 Å². The van der Waals surface area contributed by atoms with Crippen LogP contribution in [0.1, 0.15) is 25.4 Å². The molecule has 0 atom stereocenters. The number of benzene rings is 3. The summed E-state index contributed by atoms with van der Waals surface area (Å²) in [5.41, 5.74) is 3.17. The van der Waals surface area contributed by atoms with Crippen LogP contribution in [0.15, 0.2) is 48.5 Å². The summed E-state index contributed by atoms with van der Waals surface area (Å²) < 4.78 is 0. The Hall–Kier alpha value is -0.820. The molecular formula is C18H17Na. The van der Waals surface area contributed by atoms with Crippen molar-refractivity contribution in [3.05, 3.63) is 59.7 Å². The number of hydrogen-bond acceptors (Lipinski definition) is 0. The first kappa shape index (κ1) is 13.2. The minimum Gasteiger partial charge on any atom is -1.00 e. The maximum atomic E-state index is 2.35. The summed E-state index contributed by atoms with van der Waals surface area (Å²) in [6.07, 6.45) is 5.22. The van der Waals surface area contributed by atoms with E-state index >= 15 is 0 Å². The van der Waals surface area contributed by atoms with E-state index in [4.69, 9.17) is 0 Å². The molecule has 1 aliphatic carbocycles. The van der Waals surface area contributed by atoms with E-state index in [1.165, 1.54) is 47.2 Å². The van der Waals surface area contributed by atoms with E-state index in [9.17, 15) is 0 Å². The molecular weight excluding hydrogens is 239 g/mol. The van der Waals surface area contributed by atoms with Gasteiger partial charge in [-0.15, -0.1) is 0 Å². The molecule has 0 aromatic heterocycles. The van der Waals surface area contributed by atoms with Gasteiger partial charge in [0.05, 0.1) is 0 Å². The maximum absolute atomic E-state index is 2.35. The Morgan fingerprint density at radius 1 is 0.684 bits per heavy atom. The molecule has 0 unspecified atom stereocenters. The van der Waals surface area contributed by atoms with Gasteiger partial charge < -0.3 is 1.43 Å². The van der Waals surface area contributed by atoms with E-state index in [-0.39, 0.29) is 31.0 Å². The molecule has 4 rings (SSSR count). The van der Waals surface area contributed by atoms with Gasteiger partial charge in [0.2, 0.25) is 0 Å². The molecule has 0 radical (unpaired) electrons. The van der Waals surface area contributed by atoms with Gasteiger partial charge in [-0.1, -0.05) is 48.5 Å². The zero-order valence-corrected chi connectivity index (χ0v) is 13.4. The molecule has 3 aromatic carbocycles. The standard InChI is InChI=1S/C18H16.Na.H/c1-3-7-15-13(5-1)9-11-18-16-8-4-2-6-14(16)10-12-17(15)18;;/h1,3,5,7,9-12H,2,4,6,8H2;;/q;+1;-1. The second-order valence-corrected chi connectivity index (χ2v) is 5.29. The normalized spacial score (nSPS) is 14.1. The van der Waals surface area contributed by atoms with Crippen LogP contribution >= 0.6 is 0 Å². The third-order valence-electron chi connectivity index (χ3n) is 4.26. The summed E-state index contributed by atoms with van der Waals surface area (Å²) >= 11 is 0. The van der Waals surface area contributed by atoms with Gasteiger partial charge in [0.25, 0.3) is 0 Å². The van der Waals surface area contributed by atoms with Crippen molar-refractivity contribution in [1.82, 2.24) is 0 Å². The SMILES string of the molecule is [H-].[Na+].c1ccc2c(c1)ccc1c3c(ccc12)CCCC3. The average molecular weight is 256 g/mol. The van der Waals surface area contributed by atoms with Crippen LogP contribution in [0, 0.1) is 0 Å². The minimum absolute atomic E-state index is 0. The Balaban J connectivity index is 0.000000735. The van der Waals surface area contributed by atoms with Crippen molar-refractivity contribution in [2.24, 2.45) is 0 Å². The summed E-state index contributed by atoms with van der Waals surface area (Å²) in [6.45, 7) is 0. The Labute approximate surface area is 137 Å². The largest absolute Gasteiger partial charge is 1.00 e. The fourth-order valence-electron chi connectivity index (χ4n) is 3.34. The molecule has 0 aliphatic heterocycles. The average Bonchev–Trinajstić information content (AvgIpc) is 2.46. The molecule has 0 saturated carbocycles. The van der Waals surface area contributed by atoms with Crippen molar-refractivity contribution in [2.75, 3.05) is 0 Å². The van der Waals surface area contributed by atoms with Gasteiger partial charge in [0.1, 0.15) is 0 Å². The summed E-state index contributed by atoms with van der Waals surface area (Å²) in [5.74, 6) is 0. The second-order valence-electron chi connectivity index (χ2n) is 5.29. The third-order valence-corrected chi connectivity index (χ3v) is 4.26. The van der Waals surface area contributed by atoms with Gasteiger partial charge >= 0.3 is 29.6 Å². The van der Waals surface area contributed by atoms with Crippen LogP contribution < -0.4 is 29.6 Å². The maximum Gasteiger partial charge on any atom is 1.00 e. The van der Waals surface area contributed by atoms with Crippen molar-refractivity contribution < 1.29 is 31.0 Å². The smallest absolute Gasteiger partial charge is 1.00 e. The fourth-order valence-corrected chi connectivity index (χ4v) is 3.34. The van der Waals surface area contributed by atoms with E-state index in [0.29, 0.717) is 0 Å². The molecule has 1 aliphatic rings. The topological polar surface area (TPSA) is 0 Å². The molecule has 0 N–H and O–H groups in total. The Kier molecular flexibility index (Phi) is 3.66. The van der Waals surface area contributed by atoms with Gasteiger partial charge in [-0.05, 0) is 58.4 Å². The van der Waals surface area contributed by atoms with Gasteiger partial charge in [-0.25, -0.2) is 0 Å². The van der Waals surface area contributed by atoms with E-state index in [0.717, 1.165) is 0 Å². The van der Waals surface area contributed by atoms with Gasteiger partial charge in [0.15, 0.2) is 0 Å². The van der Waals surface area contributed by atoms with Crippen molar-refractivity contribution in [3.8, 4) is 0 Å². The van der Waals surface area contributed by atoms with Crippen molar-refractivity contribution in [1.29, 1.82) is 0 Å². The van der Waals surface area contributed by atoms with Crippen molar-refractivity contribution >= 4 is 21.5 Å². The van der Waals surface area contributed by atoms with Crippen LogP contribution in [-0.2, 0) is 12.8 Å². The molecule has 90 valence electrons. The molecule has 0 saturated heterocycles. The summed E-state index contributed by atoms with van der Waals surface area (Å²) in [6, 6.07) is 18.0. The fraction of sp³-hybridized carbons (Fsp3) is 0.222. The number of aryl methyl sites for hydroxylation is 2. The van der Waals surface area contributed by atoms with Gasteiger partial charge in [-0.3, -0.25) is 0 Å². The predicted octanol–water partition coefficient (Wildman–Crippen LogP) is 1.99. The van der Waals surface area contributed by atoms with Crippen LogP contribution in [0.4, 0.5) is 0 Å². The Morgan fingerprint density at radius 3 is 2.42 bits per heavy atom. The minimum atomic E-state index is 0. The molecule has 0 fully saturated rings. The molecule has 3 aromatic rings. The number of hydrogen-bond donors (Lipinski definition) is 0. The van der Waals surface area contributed by atoms with Crippen LogP contribution in [0.3, 0.4) is 0 Å². The second kappa shape index (κ2) is 5.28. The van der Waals surface area contributed by atoms with E-state index in [2.05, 4.69) is 48.5 Å². The molecule has 0 heterocycles. The monoisotopic (exact) mass is 256 g/mol. The van der Waals surface area contributed by atoms with Crippen LogP contribution in [0.25, 0.3) is 21.5 Å². The molecule has 0 amide bonds. The molecule has 0 bridgehead atoms. The molecule has 1 heteroatoms. The first-order valence-corrected chi connectivity index (χ1v) is 6.86. The van der Waals surface area contributed by atoms with E-state index < -0.39 is 0 Å². The summed E-state index contributed by atoms with van der Waals surface area (Å²) in [7, 11) is 0. The third kappa shape index (κ3) is 2.12. The van der Waals surface area contributed by atoms with Crippen molar-refractivity contribution in [3.63, 3.8) is 0 Å². The van der Waals surface area contributed by atoms with Gasteiger partial charge in [-0.2, -0.15) is 0 Å². The number of fused-ring (bicyclic) bond motifs is 5. The first-order valence-electron chi connectivity index (χ1n) is 6.86. The zero-order chi connectivity index (χ0) is 11.9. The Morgan fingerprint density at radius 2 is 1.47 bits per heavy atom. The summed E-state index contributed by atoms with van der Waals surface area (Å²) in [5, 5.41) is 5.64. The number of rotatable bonds is 0. The molecule has 0 nitrogen and oxygen atoms in total. The van der Waals surface area contributed by atoms with Crippen LogP contribution in [-0.4, -0.2) is 0 Å². The molecule has 0 spiro atoms. The predicted molar refractivity (Wildman–Crippen MR) is 79.2 cm³/mol. The van der Waals surface area contributed by atoms with Gasteiger partial charge in [0, 0.05) is 0 Å². The van der Waals surface area contributed by atoms with E-state index in [1.807, 2.05) is 0 Å². The van der Waals surface area contributed by atoms with E-state index in [1.54, 1.807) is 11.1 Å². The molecule has 19 heavy (non-hydrogen) atoms.